The van der Waals surface area contributed by atoms with Crippen molar-refractivity contribution in [3.05, 3.63) is 23.0 Å². The molecule has 1 aromatic heterocycles. The SMILES string of the molecule is CC.Cc1ncc(Cl)cc1OCC1CC(CNC(=O)OC(C)(C)C)=NO1. The molecule has 7 nitrogen and oxygen atoms in total. The second-order valence-corrected chi connectivity index (χ2v) is 6.93. The first-order chi connectivity index (χ1) is 12.2. The molecule has 2 heterocycles. The van der Waals surface area contributed by atoms with Crippen LogP contribution in [0.15, 0.2) is 17.4 Å². The Kier molecular flexibility index (Phi) is 8.65. The molecule has 0 aliphatic carbocycles. The third-order valence-electron chi connectivity index (χ3n) is 3.06. The van der Waals surface area contributed by atoms with Crippen molar-refractivity contribution >= 4 is 23.4 Å². The molecule has 1 amide bonds. The lowest BCUT2D eigenvalue weighted by molar-refractivity contribution is 0.0467. The van der Waals surface area contributed by atoms with E-state index in [0.29, 0.717) is 23.8 Å². The van der Waals surface area contributed by atoms with E-state index in [0.717, 1.165) is 11.4 Å². The molecular weight excluding hydrogens is 358 g/mol. The summed E-state index contributed by atoms with van der Waals surface area (Å²) < 4.78 is 10.8. The summed E-state index contributed by atoms with van der Waals surface area (Å²) >= 11 is 5.90. The van der Waals surface area contributed by atoms with Gasteiger partial charge in [-0.05, 0) is 27.7 Å². The molecule has 0 spiro atoms. The number of nitrogens with one attached hydrogen (secondary N) is 1. The average molecular weight is 386 g/mol. The fourth-order valence-electron chi connectivity index (χ4n) is 1.99. The van der Waals surface area contributed by atoms with E-state index < -0.39 is 11.7 Å². The van der Waals surface area contributed by atoms with Crippen LogP contribution in [0.2, 0.25) is 5.02 Å². The third kappa shape index (κ3) is 7.91. The van der Waals surface area contributed by atoms with Gasteiger partial charge in [0.05, 0.1) is 23.0 Å². The van der Waals surface area contributed by atoms with Crippen LogP contribution in [0.3, 0.4) is 0 Å². The summed E-state index contributed by atoms with van der Waals surface area (Å²) in [5, 5.41) is 7.13. The minimum atomic E-state index is -0.530. The monoisotopic (exact) mass is 385 g/mol. The predicted octanol–water partition coefficient (Wildman–Crippen LogP) is 4.12. The molecular formula is C18H28ClN3O4. The summed E-state index contributed by atoms with van der Waals surface area (Å²) in [4.78, 5) is 21.0. The first-order valence-corrected chi connectivity index (χ1v) is 9.04. The number of halogens is 1. The minimum absolute atomic E-state index is 0.209. The smallest absolute Gasteiger partial charge is 0.407 e. The zero-order valence-corrected chi connectivity index (χ0v) is 17.0. The van der Waals surface area contributed by atoms with Crippen molar-refractivity contribution in [2.45, 2.75) is 59.7 Å². The summed E-state index contributed by atoms with van der Waals surface area (Å²) in [7, 11) is 0. The van der Waals surface area contributed by atoms with E-state index in [1.807, 2.05) is 41.5 Å². The van der Waals surface area contributed by atoms with Crippen molar-refractivity contribution in [1.82, 2.24) is 10.3 Å². The number of amides is 1. The number of carbonyl (C=O) groups excluding carboxylic acids is 1. The van der Waals surface area contributed by atoms with Gasteiger partial charge < -0.3 is 19.6 Å². The topological polar surface area (TPSA) is 82.0 Å². The number of oxime groups is 1. The number of ether oxygens (including phenoxy) is 2. The summed E-state index contributed by atoms with van der Waals surface area (Å²) in [6.07, 6.45) is 1.45. The molecule has 0 bridgehead atoms. The van der Waals surface area contributed by atoms with Crippen LogP contribution >= 0.6 is 11.6 Å². The van der Waals surface area contributed by atoms with Gasteiger partial charge in [0, 0.05) is 18.7 Å². The van der Waals surface area contributed by atoms with Gasteiger partial charge in [0.1, 0.15) is 18.0 Å². The normalized spacial score (nSPS) is 16.0. The van der Waals surface area contributed by atoms with Crippen molar-refractivity contribution in [2.24, 2.45) is 5.16 Å². The predicted molar refractivity (Wildman–Crippen MR) is 102 cm³/mol. The Hall–Kier alpha value is -2.02. The second-order valence-electron chi connectivity index (χ2n) is 6.49. The van der Waals surface area contributed by atoms with Crippen LogP contribution in [0, 0.1) is 6.92 Å². The largest absolute Gasteiger partial charge is 0.488 e. The van der Waals surface area contributed by atoms with Gasteiger partial charge in [-0.2, -0.15) is 0 Å². The van der Waals surface area contributed by atoms with Crippen LogP contribution in [0.5, 0.6) is 5.75 Å². The van der Waals surface area contributed by atoms with E-state index in [1.54, 1.807) is 12.3 Å². The van der Waals surface area contributed by atoms with Crippen molar-refractivity contribution in [3.8, 4) is 5.75 Å². The Labute approximate surface area is 160 Å². The molecule has 2 rings (SSSR count). The van der Waals surface area contributed by atoms with Crippen LogP contribution in [-0.2, 0) is 9.57 Å². The molecule has 8 heteroatoms. The van der Waals surface area contributed by atoms with Crippen molar-refractivity contribution in [2.75, 3.05) is 13.2 Å². The van der Waals surface area contributed by atoms with Gasteiger partial charge in [-0.15, -0.1) is 0 Å². The standard InChI is InChI=1S/C16H22ClN3O4.C2H6/c1-10-14(5-11(17)7-18-10)22-9-13-6-12(20-24-13)8-19-15(21)23-16(2,3)4;1-2/h5,7,13H,6,8-9H2,1-4H3,(H,19,21);1-2H3. The van der Waals surface area contributed by atoms with E-state index in [1.165, 1.54) is 0 Å². The quantitative estimate of drug-likeness (QED) is 0.824. The van der Waals surface area contributed by atoms with Crippen LogP contribution in [-0.4, -0.2) is 41.6 Å². The number of rotatable bonds is 5. The zero-order valence-electron chi connectivity index (χ0n) is 16.3. The van der Waals surface area contributed by atoms with E-state index in [9.17, 15) is 4.79 Å². The Morgan fingerprint density at radius 2 is 2.12 bits per heavy atom. The van der Waals surface area contributed by atoms with Crippen LogP contribution in [0.4, 0.5) is 4.79 Å². The van der Waals surface area contributed by atoms with Gasteiger partial charge in [0.25, 0.3) is 0 Å². The molecule has 1 aliphatic rings. The molecule has 0 saturated heterocycles. The highest BCUT2D eigenvalue weighted by Crippen LogP contribution is 2.21. The second kappa shape index (κ2) is 10.2. The van der Waals surface area contributed by atoms with E-state index >= 15 is 0 Å². The average Bonchev–Trinajstić information content (AvgIpc) is 3.02. The summed E-state index contributed by atoms with van der Waals surface area (Å²) in [5.74, 6) is 0.617. The highest BCUT2D eigenvalue weighted by molar-refractivity contribution is 6.30. The molecule has 0 saturated carbocycles. The van der Waals surface area contributed by atoms with Crippen LogP contribution in [0.1, 0.15) is 46.7 Å². The molecule has 1 aromatic rings. The number of nitrogens with zero attached hydrogens (tertiary/aromatic N) is 2. The van der Waals surface area contributed by atoms with Crippen molar-refractivity contribution in [3.63, 3.8) is 0 Å². The number of aromatic nitrogens is 1. The molecule has 26 heavy (non-hydrogen) atoms. The van der Waals surface area contributed by atoms with Gasteiger partial charge in [-0.1, -0.05) is 30.6 Å². The van der Waals surface area contributed by atoms with Gasteiger partial charge in [0.2, 0.25) is 0 Å². The third-order valence-corrected chi connectivity index (χ3v) is 3.27. The van der Waals surface area contributed by atoms with Gasteiger partial charge >= 0.3 is 6.09 Å². The number of alkyl carbamates (subject to hydrolysis) is 1. The first kappa shape index (κ1) is 22.0. The highest BCUT2D eigenvalue weighted by atomic mass is 35.5. The molecule has 1 aliphatic heterocycles. The molecule has 0 aromatic carbocycles. The van der Waals surface area contributed by atoms with E-state index in [2.05, 4.69) is 15.5 Å². The summed E-state index contributed by atoms with van der Waals surface area (Å²) in [6.45, 7) is 11.9. The van der Waals surface area contributed by atoms with Crippen molar-refractivity contribution in [1.29, 1.82) is 0 Å². The van der Waals surface area contributed by atoms with E-state index in [-0.39, 0.29) is 12.6 Å². The Balaban J connectivity index is 0.00000163. The molecule has 146 valence electrons. The lowest BCUT2D eigenvalue weighted by Gasteiger charge is -2.19. The fourth-order valence-corrected chi connectivity index (χ4v) is 2.13. The molecule has 1 unspecified atom stereocenters. The number of hydrogen-bond acceptors (Lipinski definition) is 6. The fraction of sp³-hybridized carbons (Fsp3) is 0.611. The highest BCUT2D eigenvalue weighted by Gasteiger charge is 2.23. The minimum Gasteiger partial charge on any atom is -0.488 e. The molecule has 1 N–H and O–H groups in total. The number of hydrogen-bond donors (Lipinski definition) is 1. The maximum Gasteiger partial charge on any atom is 0.407 e. The van der Waals surface area contributed by atoms with Crippen LogP contribution < -0.4 is 10.1 Å². The number of pyridine rings is 1. The maximum atomic E-state index is 11.6. The Bertz CT molecular complexity index is 629. The van der Waals surface area contributed by atoms with Crippen molar-refractivity contribution < 1.29 is 19.1 Å². The van der Waals surface area contributed by atoms with Gasteiger partial charge in [-0.25, -0.2) is 4.79 Å². The van der Waals surface area contributed by atoms with Gasteiger partial charge in [-0.3, -0.25) is 4.98 Å². The number of carbonyl (C=O) groups is 1. The van der Waals surface area contributed by atoms with Crippen LogP contribution in [0.25, 0.3) is 0 Å². The first-order valence-electron chi connectivity index (χ1n) is 8.66. The molecule has 0 radical (unpaired) electrons. The lowest BCUT2D eigenvalue weighted by atomic mass is 10.2. The Morgan fingerprint density at radius 3 is 2.77 bits per heavy atom. The number of aryl methyl sites for hydroxylation is 1. The van der Waals surface area contributed by atoms with E-state index in [4.69, 9.17) is 25.9 Å². The maximum absolute atomic E-state index is 11.6. The summed E-state index contributed by atoms with van der Waals surface area (Å²) in [6, 6.07) is 1.71. The summed E-state index contributed by atoms with van der Waals surface area (Å²) in [5.41, 5.74) is 0.956. The zero-order chi connectivity index (χ0) is 19.7. The molecule has 1 atom stereocenters. The Morgan fingerprint density at radius 1 is 1.42 bits per heavy atom. The lowest BCUT2D eigenvalue weighted by Crippen LogP contribution is -2.35. The van der Waals surface area contributed by atoms with Gasteiger partial charge in [0.15, 0.2) is 6.10 Å². The molecule has 0 fully saturated rings.